The second kappa shape index (κ2) is 6.32. The molecule has 0 aliphatic carbocycles. The van der Waals surface area contributed by atoms with Gasteiger partial charge < -0.3 is 5.32 Å². The van der Waals surface area contributed by atoms with Crippen LogP contribution in [0.15, 0.2) is 42.7 Å². The third-order valence-corrected chi connectivity index (χ3v) is 3.19. The molecule has 0 bridgehead atoms. The Morgan fingerprint density at radius 1 is 1.33 bits per heavy atom. The summed E-state index contributed by atoms with van der Waals surface area (Å²) >= 11 is 5.72. The van der Waals surface area contributed by atoms with Crippen molar-refractivity contribution in [3.8, 4) is 0 Å². The van der Waals surface area contributed by atoms with Crippen molar-refractivity contribution >= 4 is 23.2 Å². The minimum atomic E-state index is -0.627. The van der Waals surface area contributed by atoms with Crippen molar-refractivity contribution in [3.05, 3.63) is 69.0 Å². The first-order valence-electron chi connectivity index (χ1n) is 6.14. The third kappa shape index (κ3) is 3.55. The number of benzene rings is 1. The van der Waals surface area contributed by atoms with E-state index in [4.69, 9.17) is 11.6 Å². The Balaban J connectivity index is 2.23. The summed E-state index contributed by atoms with van der Waals surface area (Å²) in [5.74, 6) is -0.525. The Hall–Kier alpha value is -2.47. The van der Waals surface area contributed by atoms with Crippen LogP contribution in [0.5, 0.6) is 0 Å². The van der Waals surface area contributed by atoms with Gasteiger partial charge in [-0.3, -0.25) is 19.9 Å². The van der Waals surface area contributed by atoms with Gasteiger partial charge in [-0.05, 0) is 36.8 Å². The molecule has 1 amide bonds. The average molecular weight is 306 g/mol. The molecule has 1 heterocycles. The highest BCUT2D eigenvalue weighted by Gasteiger charge is 2.21. The van der Waals surface area contributed by atoms with E-state index in [0.29, 0.717) is 0 Å². The maximum absolute atomic E-state index is 12.2. The number of hydrogen-bond donors (Lipinski definition) is 1. The summed E-state index contributed by atoms with van der Waals surface area (Å²) in [7, 11) is 0. The molecule has 6 nitrogen and oxygen atoms in total. The van der Waals surface area contributed by atoms with Gasteiger partial charge in [-0.25, -0.2) is 0 Å². The molecule has 21 heavy (non-hydrogen) atoms. The van der Waals surface area contributed by atoms with E-state index in [9.17, 15) is 14.9 Å². The third-order valence-electron chi connectivity index (χ3n) is 2.95. The predicted molar refractivity (Wildman–Crippen MR) is 78.2 cm³/mol. The number of rotatable bonds is 4. The molecule has 7 heteroatoms. The second-order valence-corrected chi connectivity index (χ2v) is 4.83. The lowest BCUT2D eigenvalue weighted by Crippen LogP contribution is -2.27. The largest absolute Gasteiger partial charge is 0.345 e. The number of nitrogens with one attached hydrogen (secondary N) is 1. The van der Waals surface area contributed by atoms with Crippen molar-refractivity contribution < 1.29 is 9.72 Å². The smallest absolute Gasteiger partial charge is 0.283 e. The zero-order valence-corrected chi connectivity index (χ0v) is 11.9. The molecular weight excluding hydrogens is 294 g/mol. The van der Waals surface area contributed by atoms with Crippen LogP contribution in [0.2, 0.25) is 5.02 Å². The zero-order chi connectivity index (χ0) is 15.4. The molecule has 2 aromatic rings. The van der Waals surface area contributed by atoms with E-state index in [2.05, 4.69) is 10.3 Å². The highest BCUT2D eigenvalue weighted by atomic mass is 35.5. The summed E-state index contributed by atoms with van der Waals surface area (Å²) in [6.45, 7) is 1.79. The SMILES string of the molecule is CC(NC(=O)c1ccc(Cl)cc1[N+](=O)[O-])c1ccncc1. The minimum Gasteiger partial charge on any atom is -0.345 e. The van der Waals surface area contributed by atoms with E-state index >= 15 is 0 Å². The molecule has 0 saturated carbocycles. The molecule has 1 aromatic carbocycles. The Kier molecular flexibility index (Phi) is 4.49. The summed E-state index contributed by atoms with van der Waals surface area (Å²) < 4.78 is 0. The number of nitro benzene ring substituents is 1. The maximum Gasteiger partial charge on any atom is 0.283 e. The molecule has 1 unspecified atom stereocenters. The van der Waals surface area contributed by atoms with Crippen LogP contribution in [0, 0.1) is 10.1 Å². The first-order chi connectivity index (χ1) is 9.99. The van der Waals surface area contributed by atoms with Gasteiger partial charge in [0.2, 0.25) is 0 Å². The van der Waals surface area contributed by atoms with Gasteiger partial charge in [0, 0.05) is 23.5 Å². The van der Waals surface area contributed by atoms with Crippen LogP contribution in [0.4, 0.5) is 5.69 Å². The van der Waals surface area contributed by atoms with Gasteiger partial charge in [0.1, 0.15) is 5.56 Å². The first-order valence-corrected chi connectivity index (χ1v) is 6.51. The monoisotopic (exact) mass is 305 g/mol. The van der Waals surface area contributed by atoms with E-state index in [1.54, 1.807) is 31.5 Å². The van der Waals surface area contributed by atoms with E-state index in [0.717, 1.165) is 11.6 Å². The van der Waals surface area contributed by atoms with Crippen molar-refractivity contribution in [1.82, 2.24) is 10.3 Å². The van der Waals surface area contributed by atoms with E-state index < -0.39 is 10.8 Å². The molecular formula is C14H12ClN3O3. The molecule has 0 aliphatic rings. The van der Waals surface area contributed by atoms with Crippen LogP contribution >= 0.6 is 11.6 Å². The highest BCUT2D eigenvalue weighted by Crippen LogP contribution is 2.24. The van der Waals surface area contributed by atoms with E-state index in [1.165, 1.54) is 12.1 Å². The first kappa shape index (κ1) is 14.9. The lowest BCUT2D eigenvalue weighted by atomic mass is 10.1. The Morgan fingerprint density at radius 3 is 2.62 bits per heavy atom. The number of amides is 1. The van der Waals surface area contributed by atoms with Crippen LogP contribution in [0.1, 0.15) is 28.9 Å². The number of carbonyl (C=O) groups excluding carboxylic acids is 1. The normalized spacial score (nSPS) is 11.7. The van der Waals surface area contributed by atoms with Crippen molar-refractivity contribution in [1.29, 1.82) is 0 Å². The summed E-state index contributed by atoms with van der Waals surface area (Å²) in [6.07, 6.45) is 3.23. The molecule has 0 saturated heterocycles. The summed E-state index contributed by atoms with van der Waals surface area (Å²) in [5, 5.41) is 13.9. The molecule has 1 atom stereocenters. The molecule has 108 valence electrons. The Morgan fingerprint density at radius 2 is 2.00 bits per heavy atom. The summed E-state index contributed by atoms with van der Waals surface area (Å²) in [5.41, 5.74) is 0.516. The van der Waals surface area contributed by atoms with Crippen molar-refractivity contribution in [2.24, 2.45) is 0 Å². The molecule has 0 fully saturated rings. The number of halogens is 1. The van der Waals surface area contributed by atoms with Gasteiger partial charge in [-0.1, -0.05) is 11.6 Å². The summed E-state index contributed by atoms with van der Waals surface area (Å²) in [6, 6.07) is 7.18. The molecule has 1 N–H and O–H groups in total. The number of hydrogen-bond acceptors (Lipinski definition) is 4. The number of pyridine rings is 1. The molecule has 0 spiro atoms. The van der Waals surface area contributed by atoms with Crippen LogP contribution in [0.25, 0.3) is 0 Å². The van der Waals surface area contributed by atoms with Gasteiger partial charge in [-0.2, -0.15) is 0 Å². The Labute approximate surface area is 125 Å². The summed E-state index contributed by atoms with van der Waals surface area (Å²) in [4.78, 5) is 26.5. The van der Waals surface area contributed by atoms with Crippen molar-refractivity contribution in [2.75, 3.05) is 0 Å². The van der Waals surface area contributed by atoms with Gasteiger partial charge in [-0.15, -0.1) is 0 Å². The van der Waals surface area contributed by atoms with Gasteiger partial charge >= 0.3 is 0 Å². The van der Waals surface area contributed by atoms with Crippen LogP contribution in [-0.2, 0) is 0 Å². The van der Waals surface area contributed by atoms with Gasteiger partial charge in [0.05, 0.1) is 11.0 Å². The van der Waals surface area contributed by atoms with Gasteiger partial charge in [0.25, 0.3) is 11.6 Å². The number of nitrogens with zero attached hydrogens (tertiary/aromatic N) is 2. The minimum absolute atomic E-state index is 0.0229. The number of carbonyl (C=O) groups is 1. The van der Waals surface area contributed by atoms with Crippen LogP contribution < -0.4 is 5.32 Å². The van der Waals surface area contributed by atoms with E-state index in [1.807, 2.05) is 0 Å². The fraction of sp³-hybridized carbons (Fsp3) is 0.143. The number of nitro groups is 1. The van der Waals surface area contributed by atoms with Crippen LogP contribution in [0.3, 0.4) is 0 Å². The molecule has 0 aliphatic heterocycles. The average Bonchev–Trinajstić information content (AvgIpc) is 2.47. The maximum atomic E-state index is 12.2. The lowest BCUT2D eigenvalue weighted by Gasteiger charge is -2.14. The number of aromatic nitrogens is 1. The molecule has 1 aromatic heterocycles. The van der Waals surface area contributed by atoms with E-state index in [-0.39, 0.29) is 22.3 Å². The lowest BCUT2D eigenvalue weighted by molar-refractivity contribution is -0.385. The zero-order valence-electron chi connectivity index (χ0n) is 11.1. The predicted octanol–water partition coefficient (Wildman–Crippen LogP) is 3.13. The Bertz CT molecular complexity index is 676. The molecule has 2 rings (SSSR count). The van der Waals surface area contributed by atoms with Crippen molar-refractivity contribution in [2.45, 2.75) is 13.0 Å². The second-order valence-electron chi connectivity index (χ2n) is 4.39. The highest BCUT2D eigenvalue weighted by molar-refractivity contribution is 6.31. The van der Waals surface area contributed by atoms with Crippen LogP contribution in [-0.4, -0.2) is 15.8 Å². The molecule has 0 radical (unpaired) electrons. The van der Waals surface area contributed by atoms with Gasteiger partial charge in [0.15, 0.2) is 0 Å². The quantitative estimate of drug-likeness (QED) is 0.694. The topological polar surface area (TPSA) is 85.1 Å². The van der Waals surface area contributed by atoms with Crippen molar-refractivity contribution in [3.63, 3.8) is 0 Å². The fourth-order valence-corrected chi connectivity index (χ4v) is 2.02. The standard InChI is InChI=1S/C14H12ClN3O3/c1-9(10-4-6-16-7-5-10)17-14(19)12-3-2-11(15)8-13(12)18(20)21/h2-9H,1H3,(H,17,19). The fourth-order valence-electron chi connectivity index (χ4n) is 1.86.